The lowest BCUT2D eigenvalue weighted by Gasteiger charge is -2.18. The molecule has 0 aliphatic heterocycles. The van der Waals surface area contributed by atoms with Crippen LogP contribution >= 0.6 is 11.3 Å². The highest BCUT2D eigenvalue weighted by molar-refractivity contribution is 7.09. The molecule has 2 heterocycles. The van der Waals surface area contributed by atoms with Gasteiger partial charge in [-0.2, -0.15) is 18.3 Å². The van der Waals surface area contributed by atoms with Crippen molar-refractivity contribution >= 4 is 17.2 Å². The van der Waals surface area contributed by atoms with Crippen molar-refractivity contribution in [2.24, 2.45) is 0 Å². The maximum Gasteiger partial charge on any atom is 0.434 e. The van der Waals surface area contributed by atoms with Crippen LogP contribution in [0.5, 0.6) is 0 Å². The minimum absolute atomic E-state index is 0.127. The molecule has 5 nitrogen and oxygen atoms in total. The predicted molar refractivity (Wildman–Crippen MR) is 101 cm³/mol. The van der Waals surface area contributed by atoms with Crippen LogP contribution in [0.2, 0.25) is 0 Å². The maximum absolute atomic E-state index is 13.8. The fraction of sp³-hybridized carbons (Fsp3) is 0.316. The largest absolute Gasteiger partial charge is 0.434 e. The van der Waals surface area contributed by atoms with Gasteiger partial charge in [0.2, 0.25) is 0 Å². The molecule has 9 heteroatoms. The van der Waals surface area contributed by atoms with Gasteiger partial charge >= 0.3 is 6.18 Å². The SMILES string of the molecule is CCc1nc(CN(C)C(=O)c2cnn(-c3ccccc3C)c2C(F)(F)F)cs1. The number of alkyl halides is 3. The topological polar surface area (TPSA) is 51.0 Å². The van der Waals surface area contributed by atoms with E-state index in [9.17, 15) is 18.0 Å². The molecule has 0 unspecified atom stereocenters. The number of aromatic nitrogens is 3. The highest BCUT2D eigenvalue weighted by atomic mass is 32.1. The first-order valence-electron chi connectivity index (χ1n) is 8.62. The van der Waals surface area contributed by atoms with Gasteiger partial charge in [-0.3, -0.25) is 4.79 Å². The molecule has 0 saturated carbocycles. The number of nitrogens with zero attached hydrogens (tertiary/aromatic N) is 4. The monoisotopic (exact) mass is 408 g/mol. The molecular formula is C19H19F3N4OS. The molecule has 0 saturated heterocycles. The lowest BCUT2D eigenvalue weighted by Crippen LogP contribution is -2.29. The van der Waals surface area contributed by atoms with Crippen molar-refractivity contribution in [2.45, 2.75) is 33.0 Å². The zero-order chi connectivity index (χ0) is 20.5. The van der Waals surface area contributed by atoms with Gasteiger partial charge in [-0.1, -0.05) is 25.1 Å². The Morgan fingerprint density at radius 2 is 2.00 bits per heavy atom. The van der Waals surface area contributed by atoms with Crippen LogP contribution in [0.15, 0.2) is 35.8 Å². The molecule has 148 valence electrons. The predicted octanol–water partition coefficient (Wildman–Crippen LogP) is 4.49. The van der Waals surface area contributed by atoms with Gasteiger partial charge in [0, 0.05) is 12.4 Å². The molecule has 3 aromatic rings. The van der Waals surface area contributed by atoms with Crippen molar-refractivity contribution in [3.63, 3.8) is 0 Å². The summed E-state index contributed by atoms with van der Waals surface area (Å²) in [5, 5.41) is 6.60. The Morgan fingerprint density at radius 3 is 2.61 bits per heavy atom. The molecule has 0 radical (unpaired) electrons. The van der Waals surface area contributed by atoms with Crippen LogP contribution in [0.4, 0.5) is 13.2 Å². The number of carbonyl (C=O) groups excluding carboxylic acids is 1. The second-order valence-corrected chi connectivity index (χ2v) is 7.29. The van der Waals surface area contributed by atoms with E-state index in [2.05, 4.69) is 10.1 Å². The third-order valence-corrected chi connectivity index (χ3v) is 5.30. The molecule has 1 amide bonds. The first kappa shape index (κ1) is 20.1. The fourth-order valence-electron chi connectivity index (χ4n) is 2.87. The average molecular weight is 408 g/mol. The number of rotatable bonds is 5. The molecule has 0 atom stereocenters. The van der Waals surface area contributed by atoms with Crippen LogP contribution in [0, 0.1) is 6.92 Å². The number of benzene rings is 1. The van der Waals surface area contributed by atoms with Crippen LogP contribution in [-0.2, 0) is 19.1 Å². The summed E-state index contributed by atoms with van der Waals surface area (Å²) in [6.45, 7) is 3.79. The Balaban J connectivity index is 1.97. The van der Waals surface area contributed by atoms with E-state index >= 15 is 0 Å². The van der Waals surface area contributed by atoms with Crippen LogP contribution in [0.3, 0.4) is 0 Å². The standard InChI is InChI=1S/C19H19F3N4OS/c1-4-16-24-13(11-28-16)10-25(3)18(27)14-9-23-26(17(14)19(20,21)22)15-8-6-5-7-12(15)2/h5-9,11H,4,10H2,1-3H3. The minimum atomic E-state index is -4.74. The first-order chi connectivity index (χ1) is 13.2. The fourth-order valence-corrected chi connectivity index (χ4v) is 3.60. The summed E-state index contributed by atoms with van der Waals surface area (Å²) in [5.74, 6) is -0.752. The molecule has 0 spiro atoms. The van der Waals surface area contributed by atoms with Gasteiger partial charge in [-0.05, 0) is 25.0 Å². The second kappa shape index (κ2) is 7.75. The summed E-state index contributed by atoms with van der Waals surface area (Å²) in [5.41, 5.74) is -0.00503. The van der Waals surface area contributed by atoms with Crippen LogP contribution in [0.25, 0.3) is 5.69 Å². The van der Waals surface area contributed by atoms with E-state index in [1.807, 2.05) is 12.3 Å². The average Bonchev–Trinajstić information content (AvgIpc) is 3.27. The van der Waals surface area contributed by atoms with Crippen molar-refractivity contribution < 1.29 is 18.0 Å². The maximum atomic E-state index is 13.8. The summed E-state index contributed by atoms with van der Waals surface area (Å²) < 4.78 is 42.2. The Kier molecular flexibility index (Phi) is 5.55. The Labute approximate surface area is 164 Å². The normalized spacial score (nSPS) is 11.6. The van der Waals surface area contributed by atoms with Crippen molar-refractivity contribution in [2.75, 3.05) is 7.05 Å². The lowest BCUT2D eigenvalue weighted by molar-refractivity contribution is -0.143. The third kappa shape index (κ3) is 3.94. The zero-order valence-corrected chi connectivity index (χ0v) is 16.4. The molecular weight excluding hydrogens is 389 g/mol. The molecule has 0 N–H and O–H groups in total. The Bertz CT molecular complexity index is 993. The Morgan fingerprint density at radius 1 is 1.29 bits per heavy atom. The summed E-state index contributed by atoms with van der Waals surface area (Å²) in [6.07, 6.45) is -2.99. The van der Waals surface area contributed by atoms with Gasteiger partial charge in [0.1, 0.15) is 0 Å². The van der Waals surface area contributed by atoms with Gasteiger partial charge in [0.05, 0.1) is 34.7 Å². The third-order valence-electron chi connectivity index (χ3n) is 4.26. The zero-order valence-electron chi connectivity index (χ0n) is 15.6. The number of thiazole rings is 1. The van der Waals surface area contributed by atoms with E-state index in [0.717, 1.165) is 22.3 Å². The van der Waals surface area contributed by atoms with Gasteiger partial charge < -0.3 is 4.90 Å². The van der Waals surface area contributed by atoms with Crippen molar-refractivity contribution in [3.8, 4) is 5.69 Å². The Hall–Kier alpha value is -2.68. The molecule has 0 aliphatic rings. The molecule has 28 heavy (non-hydrogen) atoms. The van der Waals surface area contributed by atoms with Crippen LogP contribution in [0.1, 0.15) is 39.2 Å². The number of hydrogen-bond acceptors (Lipinski definition) is 4. The number of para-hydroxylation sites is 1. The smallest absolute Gasteiger partial charge is 0.336 e. The quantitative estimate of drug-likeness (QED) is 0.625. The van der Waals surface area contributed by atoms with Gasteiger partial charge in [-0.25, -0.2) is 9.67 Å². The second-order valence-electron chi connectivity index (χ2n) is 6.35. The summed E-state index contributed by atoms with van der Waals surface area (Å²) >= 11 is 1.46. The lowest BCUT2D eigenvalue weighted by atomic mass is 10.1. The van der Waals surface area contributed by atoms with E-state index in [1.54, 1.807) is 25.1 Å². The van der Waals surface area contributed by atoms with Crippen molar-refractivity contribution in [1.29, 1.82) is 0 Å². The van der Waals surface area contributed by atoms with Gasteiger partial charge in [-0.15, -0.1) is 11.3 Å². The van der Waals surface area contributed by atoms with Gasteiger partial charge in [0.25, 0.3) is 5.91 Å². The highest BCUT2D eigenvalue weighted by Crippen LogP contribution is 2.34. The number of halogens is 3. The molecule has 0 aliphatic carbocycles. The summed E-state index contributed by atoms with van der Waals surface area (Å²) in [6, 6.07) is 6.59. The first-order valence-corrected chi connectivity index (χ1v) is 9.50. The summed E-state index contributed by atoms with van der Waals surface area (Å²) in [7, 11) is 1.46. The highest BCUT2D eigenvalue weighted by Gasteiger charge is 2.41. The van der Waals surface area contributed by atoms with Gasteiger partial charge in [0.15, 0.2) is 5.69 Å². The molecule has 2 aromatic heterocycles. The number of hydrogen-bond donors (Lipinski definition) is 0. The van der Waals surface area contributed by atoms with E-state index in [-0.39, 0.29) is 12.2 Å². The van der Waals surface area contributed by atoms with Crippen LogP contribution in [-0.4, -0.2) is 32.6 Å². The van der Waals surface area contributed by atoms with E-state index in [1.165, 1.54) is 29.4 Å². The van der Waals surface area contributed by atoms with Crippen molar-refractivity contribution in [1.82, 2.24) is 19.7 Å². The molecule has 3 rings (SSSR count). The summed E-state index contributed by atoms with van der Waals surface area (Å²) in [4.78, 5) is 18.4. The molecule has 1 aromatic carbocycles. The van der Waals surface area contributed by atoms with E-state index in [4.69, 9.17) is 0 Å². The molecule has 0 fully saturated rings. The van der Waals surface area contributed by atoms with Crippen molar-refractivity contribution in [3.05, 3.63) is 63.4 Å². The molecule has 0 bridgehead atoms. The van der Waals surface area contributed by atoms with E-state index in [0.29, 0.717) is 11.3 Å². The number of carbonyl (C=O) groups is 1. The number of aryl methyl sites for hydroxylation is 2. The van der Waals surface area contributed by atoms with E-state index < -0.39 is 23.3 Å². The minimum Gasteiger partial charge on any atom is -0.336 e. The van der Waals surface area contributed by atoms with Crippen LogP contribution < -0.4 is 0 Å². The number of amides is 1.